The zero-order valence-electron chi connectivity index (χ0n) is 17.0. The van der Waals surface area contributed by atoms with Gasteiger partial charge in [0.1, 0.15) is 0 Å². The average Bonchev–Trinajstić information content (AvgIpc) is 3.22. The summed E-state index contributed by atoms with van der Waals surface area (Å²) in [4.78, 5) is 12.9. The van der Waals surface area contributed by atoms with Crippen LogP contribution in [0.25, 0.3) is 0 Å². The van der Waals surface area contributed by atoms with Gasteiger partial charge in [0, 0.05) is 17.7 Å². The highest BCUT2D eigenvalue weighted by Gasteiger charge is 2.20. The van der Waals surface area contributed by atoms with Crippen LogP contribution >= 0.6 is 15.9 Å². The maximum Gasteiger partial charge on any atom is 0.274 e. The van der Waals surface area contributed by atoms with Crippen LogP contribution in [0.2, 0.25) is 0 Å². The lowest BCUT2D eigenvalue weighted by Crippen LogP contribution is -2.29. The Morgan fingerprint density at radius 3 is 2.30 bits per heavy atom. The first kappa shape index (κ1) is 22.1. The predicted molar refractivity (Wildman–Crippen MR) is 117 cm³/mol. The molecule has 0 aliphatic carbocycles. The number of rotatable bonds is 10. The molecular formula is C22H25BrN4O3. The quantitative estimate of drug-likeness (QED) is 0.451. The summed E-state index contributed by atoms with van der Waals surface area (Å²) >= 11 is 3.45. The summed E-state index contributed by atoms with van der Waals surface area (Å²) < 4.78 is 13.6. The summed E-state index contributed by atoms with van der Waals surface area (Å²) in [5, 5.41) is 11.1. The van der Waals surface area contributed by atoms with E-state index in [1.54, 1.807) is 10.9 Å². The Balaban J connectivity index is 1.76. The van der Waals surface area contributed by atoms with Gasteiger partial charge in [0.05, 0.1) is 18.8 Å². The van der Waals surface area contributed by atoms with E-state index in [2.05, 4.69) is 31.6 Å². The molecule has 0 saturated carbocycles. The standard InChI is InChI=1S/C22H25BrN4O3/c1-3-29-20(30-4-2)15-27-14-19(25-26-27)22(28)24-21(16-8-6-5-7-9-16)17-10-12-18(23)13-11-17/h5-14,20-21H,3-4,15H2,1-2H3,(H,24,28). The average molecular weight is 473 g/mol. The molecule has 1 N–H and O–H groups in total. The zero-order valence-corrected chi connectivity index (χ0v) is 18.6. The number of amides is 1. The maximum atomic E-state index is 12.9. The molecule has 3 rings (SSSR count). The third-order valence-corrected chi connectivity index (χ3v) is 4.95. The van der Waals surface area contributed by atoms with E-state index >= 15 is 0 Å². The molecule has 158 valence electrons. The molecule has 1 unspecified atom stereocenters. The number of hydrogen-bond donors (Lipinski definition) is 1. The van der Waals surface area contributed by atoms with Crippen molar-refractivity contribution >= 4 is 21.8 Å². The second-order valence-corrected chi connectivity index (χ2v) is 7.45. The van der Waals surface area contributed by atoms with Gasteiger partial charge < -0.3 is 14.8 Å². The van der Waals surface area contributed by atoms with E-state index in [0.29, 0.717) is 19.8 Å². The van der Waals surface area contributed by atoms with Gasteiger partial charge in [-0.25, -0.2) is 4.68 Å². The van der Waals surface area contributed by atoms with Gasteiger partial charge in [-0.2, -0.15) is 0 Å². The molecule has 7 nitrogen and oxygen atoms in total. The fraction of sp³-hybridized carbons (Fsp3) is 0.318. The number of aromatic nitrogens is 3. The molecule has 0 aliphatic rings. The van der Waals surface area contributed by atoms with Crippen molar-refractivity contribution in [3.05, 3.63) is 82.1 Å². The monoisotopic (exact) mass is 472 g/mol. The molecule has 0 aliphatic heterocycles. The van der Waals surface area contributed by atoms with Crippen LogP contribution in [0.15, 0.2) is 65.3 Å². The van der Waals surface area contributed by atoms with Gasteiger partial charge in [-0.05, 0) is 37.1 Å². The number of nitrogens with one attached hydrogen (secondary N) is 1. The second-order valence-electron chi connectivity index (χ2n) is 6.53. The smallest absolute Gasteiger partial charge is 0.274 e. The van der Waals surface area contributed by atoms with E-state index in [9.17, 15) is 4.79 Å². The SMILES string of the molecule is CCOC(Cn1cc(C(=O)NC(c2ccccc2)c2ccc(Br)cc2)nn1)OCC. The molecule has 0 fully saturated rings. The van der Waals surface area contributed by atoms with Crippen LogP contribution in [0.5, 0.6) is 0 Å². The number of carbonyl (C=O) groups excluding carboxylic acids is 1. The minimum Gasteiger partial charge on any atom is -0.351 e. The fourth-order valence-corrected chi connectivity index (χ4v) is 3.30. The van der Waals surface area contributed by atoms with Crippen LogP contribution in [0.3, 0.4) is 0 Å². The van der Waals surface area contributed by atoms with Crippen molar-refractivity contribution < 1.29 is 14.3 Å². The number of carbonyl (C=O) groups is 1. The highest BCUT2D eigenvalue weighted by Crippen LogP contribution is 2.24. The molecule has 0 saturated heterocycles. The van der Waals surface area contributed by atoms with Gasteiger partial charge in [0.25, 0.3) is 5.91 Å². The maximum absolute atomic E-state index is 12.9. The lowest BCUT2D eigenvalue weighted by Gasteiger charge is -2.19. The predicted octanol–water partition coefficient (Wildman–Crippen LogP) is 3.96. The van der Waals surface area contributed by atoms with E-state index in [1.807, 2.05) is 68.4 Å². The number of hydrogen-bond acceptors (Lipinski definition) is 5. The van der Waals surface area contributed by atoms with Crippen molar-refractivity contribution in [2.45, 2.75) is 32.7 Å². The van der Waals surface area contributed by atoms with Crippen LogP contribution < -0.4 is 5.32 Å². The van der Waals surface area contributed by atoms with E-state index in [0.717, 1.165) is 15.6 Å². The zero-order chi connectivity index (χ0) is 21.3. The Kier molecular flexibility index (Phi) is 8.12. The number of ether oxygens (including phenoxy) is 2. The molecule has 1 aromatic heterocycles. The Hall–Kier alpha value is -2.55. The van der Waals surface area contributed by atoms with Crippen molar-refractivity contribution in [2.24, 2.45) is 0 Å². The van der Waals surface area contributed by atoms with Crippen molar-refractivity contribution in [1.29, 1.82) is 0 Å². The molecule has 8 heteroatoms. The largest absolute Gasteiger partial charge is 0.351 e. The number of benzene rings is 2. The molecule has 0 bridgehead atoms. The molecule has 3 aromatic rings. The minimum atomic E-state index is -0.433. The normalized spacial score (nSPS) is 12.1. The Bertz CT molecular complexity index is 925. The van der Waals surface area contributed by atoms with Crippen LogP contribution in [0.1, 0.15) is 41.5 Å². The topological polar surface area (TPSA) is 78.3 Å². The van der Waals surface area contributed by atoms with Crippen molar-refractivity contribution in [2.75, 3.05) is 13.2 Å². The van der Waals surface area contributed by atoms with Crippen LogP contribution in [-0.2, 0) is 16.0 Å². The highest BCUT2D eigenvalue weighted by molar-refractivity contribution is 9.10. The summed E-state index contributed by atoms with van der Waals surface area (Å²) in [5.74, 6) is -0.303. The molecule has 1 atom stereocenters. The van der Waals surface area contributed by atoms with E-state index in [4.69, 9.17) is 9.47 Å². The molecule has 1 amide bonds. The number of halogens is 1. The third kappa shape index (κ3) is 5.98. The summed E-state index contributed by atoms with van der Waals surface area (Å²) in [5.41, 5.74) is 2.19. The summed E-state index contributed by atoms with van der Waals surface area (Å²) in [6.45, 7) is 5.21. The van der Waals surface area contributed by atoms with E-state index in [-0.39, 0.29) is 17.6 Å². The van der Waals surface area contributed by atoms with Crippen molar-refractivity contribution in [1.82, 2.24) is 20.3 Å². The molecule has 1 heterocycles. The highest BCUT2D eigenvalue weighted by atomic mass is 79.9. The molecular weight excluding hydrogens is 448 g/mol. The Labute approximate surface area is 184 Å². The van der Waals surface area contributed by atoms with Gasteiger partial charge in [0.15, 0.2) is 12.0 Å². The Morgan fingerprint density at radius 1 is 1.03 bits per heavy atom. The lowest BCUT2D eigenvalue weighted by molar-refractivity contribution is -0.145. The first-order chi connectivity index (χ1) is 14.6. The fourth-order valence-electron chi connectivity index (χ4n) is 3.03. The van der Waals surface area contributed by atoms with Gasteiger partial charge in [-0.1, -0.05) is 63.6 Å². The van der Waals surface area contributed by atoms with E-state index in [1.165, 1.54) is 0 Å². The summed E-state index contributed by atoms with van der Waals surface area (Å²) in [6.07, 6.45) is 1.17. The third-order valence-electron chi connectivity index (χ3n) is 4.42. The van der Waals surface area contributed by atoms with Gasteiger partial charge in [-0.15, -0.1) is 5.10 Å². The van der Waals surface area contributed by atoms with Gasteiger partial charge in [-0.3, -0.25) is 4.79 Å². The van der Waals surface area contributed by atoms with Gasteiger partial charge >= 0.3 is 0 Å². The van der Waals surface area contributed by atoms with Crippen molar-refractivity contribution in [3.63, 3.8) is 0 Å². The van der Waals surface area contributed by atoms with Crippen LogP contribution in [0.4, 0.5) is 0 Å². The minimum absolute atomic E-state index is 0.236. The summed E-state index contributed by atoms with van der Waals surface area (Å²) in [7, 11) is 0. The molecule has 2 aromatic carbocycles. The molecule has 0 spiro atoms. The lowest BCUT2D eigenvalue weighted by atomic mass is 9.98. The Morgan fingerprint density at radius 2 is 1.67 bits per heavy atom. The molecule has 30 heavy (non-hydrogen) atoms. The van der Waals surface area contributed by atoms with E-state index < -0.39 is 6.29 Å². The summed E-state index contributed by atoms with van der Waals surface area (Å²) in [6, 6.07) is 17.4. The van der Waals surface area contributed by atoms with Crippen LogP contribution in [0, 0.1) is 0 Å². The van der Waals surface area contributed by atoms with Crippen LogP contribution in [-0.4, -0.2) is 40.4 Å². The first-order valence-corrected chi connectivity index (χ1v) is 10.6. The van der Waals surface area contributed by atoms with Gasteiger partial charge in [0.2, 0.25) is 0 Å². The van der Waals surface area contributed by atoms with Crippen molar-refractivity contribution in [3.8, 4) is 0 Å². The second kappa shape index (κ2) is 11.0. The molecule has 0 radical (unpaired) electrons. The number of nitrogens with zero attached hydrogens (tertiary/aromatic N) is 3. The first-order valence-electron chi connectivity index (χ1n) is 9.85.